The van der Waals surface area contributed by atoms with Crippen LogP contribution < -0.4 is 5.32 Å². The summed E-state index contributed by atoms with van der Waals surface area (Å²) in [6.45, 7) is 13.2. The summed E-state index contributed by atoms with van der Waals surface area (Å²) in [6.07, 6.45) is 4.10. The second-order valence-electron chi connectivity index (χ2n) is 8.75. The Hall–Kier alpha value is -2.10. The van der Waals surface area contributed by atoms with E-state index in [0.29, 0.717) is 18.9 Å². The molecule has 1 fully saturated rings. The monoisotopic (exact) mass is 356 g/mol. The molecule has 0 aliphatic carbocycles. The molecule has 1 aliphatic heterocycles. The van der Waals surface area contributed by atoms with Crippen LogP contribution in [-0.4, -0.2) is 35.3 Å². The third kappa shape index (κ3) is 5.20. The predicted octanol–water partition coefficient (Wildman–Crippen LogP) is 3.76. The minimum Gasteiger partial charge on any atom is -0.350 e. The number of rotatable bonds is 4. The molecule has 142 valence electrons. The number of hydrogen-bond donors (Lipinski definition) is 1. The van der Waals surface area contributed by atoms with Crippen molar-refractivity contribution in [1.82, 2.24) is 10.2 Å². The Kier molecular flexibility index (Phi) is 6.27. The van der Waals surface area contributed by atoms with E-state index >= 15 is 0 Å². The highest BCUT2D eigenvalue weighted by Crippen LogP contribution is 2.22. The minimum atomic E-state index is -0.383. The maximum absolute atomic E-state index is 12.7. The van der Waals surface area contributed by atoms with Crippen LogP contribution in [-0.2, 0) is 15.0 Å². The standard InChI is InChI=1S/C22H32N2O2/c1-15(2)13-19-21(26)23-16(3)14-24(19)20(25)12-9-17-7-10-18(11-8-17)22(4,5)6/h7-12,15-16,19H,13-14H2,1-6H3,(H,23,26)/b12-9+. The van der Waals surface area contributed by atoms with E-state index < -0.39 is 0 Å². The summed E-state index contributed by atoms with van der Waals surface area (Å²) in [4.78, 5) is 26.8. The summed E-state index contributed by atoms with van der Waals surface area (Å²) in [5.41, 5.74) is 2.36. The normalized spacial score (nSPS) is 21.3. The highest BCUT2D eigenvalue weighted by molar-refractivity contribution is 5.96. The second-order valence-corrected chi connectivity index (χ2v) is 8.75. The van der Waals surface area contributed by atoms with E-state index in [1.807, 2.05) is 25.1 Å². The lowest BCUT2D eigenvalue weighted by molar-refractivity contribution is -0.142. The molecule has 0 aromatic heterocycles. The van der Waals surface area contributed by atoms with Gasteiger partial charge in [-0.15, -0.1) is 0 Å². The van der Waals surface area contributed by atoms with Gasteiger partial charge in [-0.05, 0) is 41.9 Å². The lowest BCUT2D eigenvalue weighted by Crippen LogP contribution is -2.60. The Morgan fingerprint density at radius 1 is 1.27 bits per heavy atom. The first-order valence-electron chi connectivity index (χ1n) is 9.47. The molecule has 0 bridgehead atoms. The van der Waals surface area contributed by atoms with Gasteiger partial charge >= 0.3 is 0 Å². The molecule has 2 unspecified atom stereocenters. The van der Waals surface area contributed by atoms with Gasteiger partial charge in [-0.1, -0.05) is 58.9 Å². The quantitative estimate of drug-likeness (QED) is 0.835. The lowest BCUT2D eigenvalue weighted by atomic mass is 9.87. The van der Waals surface area contributed by atoms with Gasteiger partial charge in [0, 0.05) is 18.7 Å². The number of benzene rings is 1. The number of piperazine rings is 1. The number of carbonyl (C=O) groups is 2. The summed E-state index contributed by atoms with van der Waals surface area (Å²) in [5.74, 6) is 0.203. The van der Waals surface area contributed by atoms with Gasteiger partial charge in [0.05, 0.1) is 0 Å². The molecule has 1 saturated heterocycles. The molecule has 2 amide bonds. The van der Waals surface area contributed by atoms with Crippen molar-refractivity contribution in [3.63, 3.8) is 0 Å². The zero-order chi connectivity index (χ0) is 19.5. The van der Waals surface area contributed by atoms with Crippen LogP contribution in [0.1, 0.15) is 59.1 Å². The summed E-state index contributed by atoms with van der Waals surface area (Å²) in [5, 5.41) is 2.96. The number of nitrogens with one attached hydrogen (secondary N) is 1. The zero-order valence-corrected chi connectivity index (χ0v) is 16.9. The zero-order valence-electron chi connectivity index (χ0n) is 16.9. The molecule has 0 spiro atoms. The number of carbonyl (C=O) groups excluding carboxylic acids is 2. The maximum Gasteiger partial charge on any atom is 0.247 e. The fraction of sp³-hybridized carbons (Fsp3) is 0.545. The molecule has 0 radical (unpaired) electrons. The van der Waals surface area contributed by atoms with Crippen molar-refractivity contribution in [3.8, 4) is 0 Å². The molecule has 1 aromatic rings. The fourth-order valence-electron chi connectivity index (χ4n) is 3.23. The average Bonchev–Trinajstić information content (AvgIpc) is 2.54. The van der Waals surface area contributed by atoms with Gasteiger partial charge in [0.2, 0.25) is 11.8 Å². The van der Waals surface area contributed by atoms with Gasteiger partial charge in [-0.25, -0.2) is 0 Å². The van der Waals surface area contributed by atoms with Gasteiger partial charge in [-0.3, -0.25) is 9.59 Å². The number of amides is 2. The molecular formula is C22H32N2O2. The molecule has 1 N–H and O–H groups in total. The molecule has 4 heteroatoms. The van der Waals surface area contributed by atoms with E-state index in [4.69, 9.17) is 0 Å². The molecule has 4 nitrogen and oxygen atoms in total. The van der Waals surface area contributed by atoms with Crippen molar-refractivity contribution in [2.24, 2.45) is 5.92 Å². The third-order valence-electron chi connectivity index (χ3n) is 4.71. The molecule has 1 heterocycles. The van der Waals surface area contributed by atoms with Gasteiger partial charge in [0.15, 0.2) is 0 Å². The fourth-order valence-corrected chi connectivity index (χ4v) is 3.23. The van der Waals surface area contributed by atoms with Crippen molar-refractivity contribution in [1.29, 1.82) is 0 Å². The Bertz CT molecular complexity index is 668. The maximum atomic E-state index is 12.7. The van der Waals surface area contributed by atoms with Gasteiger partial charge in [0.25, 0.3) is 0 Å². The van der Waals surface area contributed by atoms with Crippen molar-refractivity contribution < 1.29 is 9.59 Å². The molecule has 26 heavy (non-hydrogen) atoms. The Morgan fingerprint density at radius 3 is 2.42 bits per heavy atom. The van der Waals surface area contributed by atoms with Gasteiger partial charge in [0.1, 0.15) is 6.04 Å². The van der Waals surface area contributed by atoms with Crippen molar-refractivity contribution >= 4 is 17.9 Å². The van der Waals surface area contributed by atoms with Gasteiger partial charge < -0.3 is 10.2 Å². The number of hydrogen-bond acceptors (Lipinski definition) is 2. The Morgan fingerprint density at radius 2 is 1.88 bits per heavy atom. The van der Waals surface area contributed by atoms with E-state index in [1.54, 1.807) is 11.0 Å². The highest BCUT2D eigenvalue weighted by atomic mass is 16.2. The molecule has 2 atom stereocenters. The van der Waals surface area contributed by atoms with Crippen LogP contribution in [0.4, 0.5) is 0 Å². The Labute approximate surface area is 157 Å². The minimum absolute atomic E-state index is 0.0191. The Balaban J connectivity index is 2.13. The van der Waals surface area contributed by atoms with Crippen molar-refractivity contribution in [3.05, 3.63) is 41.5 Å². The number of nitrogens with zero attached hydrogens (tertiary/aromatic N) is 1. The molecular weight excluding hydrogens is 324 g/mol. The van der Waals surface area contributed by atoms with Crippen LogP contribution in [0, 0.1) is 5.92 Å². The lowest BCUT2D eigenvalue weighted by Gasteiger charge is -2.38. The third-order valence-corrected chi connectivity index (χ3v) is 4.71. The van der Waals surface area contributed by atoms with E-state index in [0.717, 1.165) is 5.56 Å². The average molecular weight is 357 g/mol. The first-order valence-corrected chi connectivity index (χ1v) is 9.47. The first kappa shape index (κ1) is 20.2. The van der Waals surface area contributed by atoms with Crippen LogP contribution in [0.3, 0.4) is 0 Å². The summed E-state index contributed by atoms with van der Waals surface area (Å²) < 4.78 is 0. The van der Waals surface area contributed by atoms with Crippen LogP contribution >= 0.6 is 0 Å². The summed E-state index contributed by atoms with van der Waals surface area (Å²) >= 11 is 0. The van der Waals surface area contributed by atoms with E-state index in [-0.39, 0.29) is 29.3 Å². The van der Waals surface area contributed by atoms with Crippen molar-refractivity contribution in [2.45, 2.75) is 65.5 Å². The van der Waals surface area contributed by atoms with Gasteiger partial charge in [-0.2, -0.15) is 0 Å². The molecule has 1 aliphatic rings. The van der Waals surface area contributed by atoms with Crippen LogP contribution in [0.2, 0.25) is 0 Å². The summed E-state index contributed by atoms with van der Waals surface area (Å²) in [7, 11) is 0. The largest absolute Gasteiger partial charge is 0.350 e. The van der Waals surface area contributed by atoms with E-state index in [2.05, 4.69) is 52.1 Å². The molecule has 1 aromatic carbocycles. The van der Waals surface area contributed by atoms with Crippen LogP contribution in [0.15, 0.2) is 30.3 Å². The highest BCUT2D eigenvalue weighted by Gasteiger charge is 2.35. The van der Waals surface area contributed by atoms with Crippen LogP contribution in [0.5, 0.6) is 0 Å². The first-order chi connectivity index (χ1) is 12.1. The van der Waals surface area contributed by atoms with Crippen LogP contribution in [0.25, 0.3) is 6.08 Å². The second kappa shape index (κ2) is 8.07. The molecule has 2 rings (SSSR count). The molecule has 0 saturated carbocycles. The summed E-state index contributed by atoms with van der Waals surface area (Å²) in [6, 6.07) is 7.86. The van der Waals surface area contributed by atoms with E-state index in [9.17, 15) is 9.59 Å². The van der Waals surface area contributed by atoms with Crippen molar-refractivity contribution in [2.75, 3.05) is 6.54 Å². The smallest absolute Gasteiger partial charge is 0.247 e. The predicted molar refractivity (Wildman–Crippen MR) is 107 cm³/mol. The SMILES string of the molecule is CC(C)CC1C(=O)NC(C)CN1C(=O)/C=C/c1ccc(C(C)(C)C)cc1. The van der Waals surface area contributed by atoms with E-state index in [1.165, 1.54) is 5.56 Å². The topological polar surface area (TPSA) is 49.4 Å².